The first-order chi connectivity index (χ1) is 14.1. The SMILES string of the molecule is N#Cc1cc(Oc2ccc(NC(=O)Nc3ccc4c(c3)CCC4)c(Cl)c2)ccn1. The molecule has 0 saturated carbocycles. The molecule has 4 rings (SSSR count). The number of nitrogens with zero attached hydrogens (tertiary/aromatic N) is 2. The maximum atomic E-state index is 12.3. The number of nitriles is 1. The summed E-state index contributed by atoms with van der Waals surface area (Å²) in [5.41, 5.74) is 4.12. The fourth-order valence-corrected chi connectivity index (χ4v) is 3.48. The van der Waals surface area contributed by atoms with Crippen molar-refractivity contribution in [2.45, 2.75) is 19.3 Å². The molecular weight excluding hydrogens is 388 g/mol. The standard InChI is InChI=1S/C22H17ClN4O2/c23-20-12-18(29-19-8-9-25-17(11-19)13-24)6-7-21(20)27-22(28)26-16-5-4-14-2-1-3-15(14)10-16/h4-12H,1-3H2,(H2,26,27,28). The zero-order valence-electron chi connectivity index (χ0n) is 15.4. The van der Waals surface area contributed by atoms with Crippen molar-refractivity contribution >= 4 is 29.0 Å². The summed E-state index contributed by atoms with van der Waals surface area (Å²) in [6.07, 6.45) is 4.80. The van der Waals surface area contributed by atoms with Gasteiger partial charge >= 0.3 is 6.03 Å². The Labute approximate surface area is 173 Å². The first kappa shape index (κ1) is 18.8. The molecule has 2 amide bonds. The molecule has 0 fully saturated rings. The Balaban J connectivity index is 1.41. The molecule has 3 aromatic rings. The number of fused-ring (bicyclic) bond motifs is 1. The highest BCUT2D eigenvalue weighted by molar-refractivity contribution is 6.34. The number of pyridine rings is 1. The van der Waals surface area contributed by atoms with Gasteiger partial charge in [0.2, 0.25) is 0 Å². The molecule has 1 aliphatic carbocycles. The Hall–Kier alpha value is -3.56. The predicted octanol–water partition coefficient (Wildman–Crippen LogP) is 5.53. The summed E-state index contributed by atoms with van der Waals surface area (Å²) >= 11 is 6.29. The van der Waals surface area contributed by atoms with Crippen molar-refractivity contribution in [3.63, 3.8) is 0 Å². The van der Waals surface area contributed by atoms with Crippen LogP contribution in [-0.4, -0.2) is 11.0 Å². The lowest BCUT2D eigenvalue weighted by Gasteiger charge is -2.12. The van der Waals surface area contributed by atoms with Gasteiger partial charge in [-0.2, -0.15) is 5.26 Å². The largest absolute Gasteiger partial charge is 0.457 e. The number of hydrogen-bond donors (Lipinski definition) is 2. The number of carbonyl (C=O) groups excluding carboxylic acids is 1. The number of ether oxygens (including phenoxy) is 1. The number of rotatable bonds is 4. The average molecular weight is 405 g/mol. The van der Waals surface area contributed by atoms with E-state index in [0.717, 1.165) is 24.9 Å². The molecule has 0 atom stereocenters. The van der Waals surface area contributed by atoms with Gasteiger partial charge in [0.15, 0.2) is 0 Å². The van der Waals surface area contributed by atoms with Crippen LogP contribution in [0.25, 0.3) is 0 Å². The van der Waals surface area contributed by atoms with Crippen molar-refractivity contribution in [2.24, 2.45) is 0 Å². The van der Waals surface area contributed by atoms with Crippen molar-refractivity contribution in [3.05, 3.63) is 76.6 Å². The molecule has 0 unspecified atom stereocenters. The molecule has 6 nitrogen and oxygen atoms in total. The summed E-state index contributed by atoms with van der Waals surface area (Å²) in [5.74, 6) is 0.956. The van der Waals surface area contributed by atoms with Crippen LogP contribution in [0.15, 0.2) is 54.7 Å². The molecule has 0 saturated heterocycles. The van der Waals surface area contributed by atoms with Crippen molar-refractivity contribution in [2.75, 3.05) is 10.6 Å². The minimum absolute atomic E-state index is 0.259. The molecule has 0 bridgehead atoms. The van der Waals surface area contributed by atoms with Crippen LogP contribution in [0, 0.1) is 11.3 Å². The van der Waals surface area contributed by atoms with Crippen LogP contribution in [0.3, 0.4) is 0 Å². The number of aryl methyl sites for hydroxylation is 2. The van der Waals surface area contributed by atoms with Gasteiger partial charge in [-0.25, -0.2) is 9.78 Å². The van der Waals surface area contributed by atoms with E-state index in [0.29, 0.717) is 22.2 Å². The van der Waals surface area contributed by atoms with Crippen LogP contribution >= 0.6 is 11.6 Å². The second-order valence-electron chi connectivity index (χ2n) is 6.65. The van der Waals surface area contributed by atoms with E-state index >= 15 is 0 Å². The molecule has 2 N–H and O–H groups in total. The highest BCUT2D eigenvalue weighted by Crippen LogP contribution is 2.30. The zero-order chi connectivity index (χ0) is 20.2. The van der Waals surface area contributed by atoms with E-state index in [1.807, 2.05) is 18.2 Å². The van der Waals surface area contributed by atoms with Crippen molar-refractivity contribution in [3.8, 4) is 17.6 Å². The first-order valence-electron chi connectivity index (χ1n) is 9.14. The van der Waals surface area contributed by atoms with Crippen LogP contribution in [0.2, 0.25) is 5.02 Å². The molecule has 144 valence electrons. The highest BCUT2D eigenvalue weighted by atomic mass is 35.5. The van der Waals surface area contributed by atoms with Crippen molar-refractivity contribution in [1.29, 1.82) is 5.26 Å². The van der Waals surface area contributed by atoms with Gasteiger partial charge in [-0.15, -0.1) is 0 Å². The molecule has 29 heavy (non-hydrogen) atoms. The van der Waals surface area contributed by atoms with Crippen LogP contribution in [0.4, 0.5) is 16.2 Å². The minimum atomic E-state index is -0.369. The summed E-state index contributed by atoms with van der Waals surface area (Å²) in [6, 6.07) is 15.7. The summed E-state index contributed by atoms with van der Waals surface area (Å²) in [7, 11) is 0. The third-order valence-corrected chi connectivity index (χ3v) is 4.94. The number of anilines is 2. The van der Waals surface area contributed by atoms with Gasteiger partial charge in [0.05, 0.1) is 10.7 Å². The molecule has 0 spiro atoms. The minimum Gasteiger partial charge on any atom is -0.457 e. The Kier molecular flexibility index (Phi) is 5.32. The number of nitrogens with one attached hydrogen (secondary N) is 2. The molecule has 0 aliphatic heterocycles. The molecule has 7 heteroatoms. The fraction of sp³-hybridized carbons (Fsp3) is 0.136. The Morgan fingerprint density at radius 2 is 1.86 bits per heavy atom. The lowest BCUT2D eigenvalue weighted by atomic mass is 10.1. The van der Waals surface area contributed by atoms with Crippen molar-refractivity contribution < 1.29 is 9.53 Å². The molecule has 1 aromatic heterocycles. The quantitative estimate of drug-likeness (QED) is 0.598. The molecule has 1 heterocycles. The van der Waals surface area contributed by atoms with Crippen LogP contribution in [0.5, 0.6) is 11.5 Å². The smallest absolute Gasteiger partial charge is 0.323 e. The maximum Gasteiger partial charge on any atom is 0.323 e. The van der Waals surface area contributed by atoms with E-state index in [9.17, 15) is 4.79 Å². The second-order valence-corrected chi connectivity index (χ2v) is 7.06. The van der Waals surface area contributed by atoms with Gasteiger partial charge in [-0.05, 0) is 60.7 Å². The van der Waals surface area contributed by atoms with Crippen LogP contribution < -0.4 is 15.4 Å². The van der Waals surface area contributed by atoms with Crippen LogP contribution in [-0.2, 0) is 12.8 Å². The summed E-state index contributed by atoms with van der Waals surface area (Å²) in [6.45, 7) is 0. The monoisotopic (exact) mass is 404 g/mol. The van der Waals surface area contributed by atoms with E-state index in [2.05, 4.69) is 21.7 Å². The fourth-order valence-electron chi connectivity index (χ4n) is 3.27. The normalized spacial score (nSPS) is 12.0. The lowest BCUT2D eigenvalue weighted by Crippen LogP contribution is -2.19. The summed E-state index contributed by atoms with van der Waals surface area (Å²) < 4.78 is 5.70. The van der Waals surface area contributed by atoms with Gasteiger partial charge in [-0.1, -0.05) is 17.7 Å². The van der Waals surface area contributed by atoms with Crippen molar-refractivity contribution in [1.82, 2.24) is 4.98 Å². The van der Waals surface area contributed by atoms with E-state index in [1.54, 1.807) is 24.3 Å². The van der Waals surface area contributed by atoms with E-state index in [4.69, 9.17) is 21.6 Å². The number of carbonyl (C=O) groups is 1. The first-order valence-corrected chi connectivity index (χ1v) is 9.52. The van der Waals surface area contributed by atoms with Gasteiger partial charge in [-0.3, -0.25) is 0 Å². The maximum absolute atomic E-state index is 12.3. The number of urea groups is 1. The highest BCUT2D eigenvalue weighted by Gasteiger charge is 2.13. The van der Waals surface area contributed by atoms with E-state index < -0.39 is 0 Å². The third-order valence-electron chi connectivity index (χ3n) is 4.63. The number of aromatic nitrogens is 1. The zero-order valence-corrected chi connectivity index (χ0v) is 16.2. The van der Waals surface area contributed by atoms with Crippen LogP contribution in [0.1, 0.15) is 23.2 Å². The van der Waals surface area contributed by atoms with E-state index in [1.165, 1.54) is 23.4 Å². The Morgan fingerprint density at radius 3 is 2.69 bits per heavy atom. The Morgan fingerprint density at radius 1 is 1.03 bits per heavy atom. The third kappa shape index (κ3) is 4.48. The molecule has 2 aromatic carbocycles. The average Bonchev–Trinajstić information content (AvgIpc) is 3.18. The number of amides is 2. The van der Waals surface area contributed by atoms with Gasteiger partial charge in [0, 0.05) is 24.0 Å². The van der Waals surface area contributed by atoms with E-state index in [-0.39, 0.29) is 11.7 Å². The summed E-state index contributed by atoms with van der Waals surface area (Å²) in [5, 5.41) is 14.8. The Bertz CT molecular complexity index is 1120. The van der Waals surface area contributed by atoms with Gasteiger partial charge in [0.25, 0.3) is 0 Å². The molecule has 0 radical (unpaired) electrons. The molecular formula is C22H17ClN4O2. The number of benzene rings is 2. The van der Waals surface area contributed by atoms with Gasteiger partial charge < -0.3 is 15.4 Å². The topological polar surface area (TPSA) is 87.0 Å². The number of halogens is 1. The predicted molar refractivity (Wildman–Crippen MR) is 112 cm³/mol. The van der Waals surface area contributed by atoms with Gasteiger partial charge in [0.1, 0.15) is 23.3 Å². The molecule has 1 aliphatic rings. The summed E-state index contributed by atoms with van der Waals surface area (Å²) in [4.78, 5) is 16.2. The second kappa shape index (κ2) is 8.21. The lowest BCUT2D eigenvalue weighted by molar-refractivity contribution is 0.262. The number of hydrogen-bond acceptors (Lipinski definition) is 4.